The molecule has 12 nitrogen and oxygen atoms in total. The number of ketones is 2. The summed E-state index contributed by atoms with van der Waals surface area (Å²) in [7, 11) is 7.69. The number of carbonyl (C=O) groups is 4. The van der Waals surface area contributed by atoms with Crippen molar-refractivity contribution in [3.05, 3.63) is 46.5 Å². The third kappa shape index (κ3) is 7.48. The van der Waals surface area contributed by atoms with Crippen LogP contribution in [0.3, 0.4) is 0 Å². The minimum Gasteiger partial charge on any atom is -0.457 e. The second-order valence-electron chi connectivity index (χ2n) is 9.64. The number of esters is 2. The van der Waals surface area contributed by atoms with Crippen LogP contribution in [0.15, 0.2) is 24.3 Å². The molecule has 40 heavy (non-hydrogen) atoms. The van der Waals surface area contributed by atoms with E-state index in [0.717, 1.165) is 0 Å². The van der Waals surface area contributed by atoms with Crippen molar-refractivity contribution in [1.29, 1.82) is 0 Å². The monoisotopic (exact) mass is 556 g/mol. The maximum Gasteiger partial charge on any atom is 0.305 e. The summed E-state index contributed by atoms with van der Waals surface area (Å²) < 4.78 is 21.1. The number of benzene rings is 2. The van der Waals surface area contributed by atoms with Crippen LogP contribution in [0.4, 0.5) is 11.4 Å². The summed E-state index contributed by atoms with van der Waals surface area (Å²) in [6.45, 7) is 3.98. The zero-order chi connectivity index (χ0) is 29.4. The van der Waals surface area contributed by atoms with Crippen molar-refractivity contribution in [3.8, 4) is 11.5 Å². The minimum absolute atomic E-state index is 0.0484. The van der Waals surface area contributed by atoms with E-state index in [9.17, 15) is 19.2 Å². The van der Waals surface area contributed by atoms with Crippen LogP contribution >= 0.6 is 0 Å². The molecule has 0 saturated heterocycles. The van der Waals surface area contributed by atoms with Gasteiger partial charge in [0.1, 0.15) is 11.5 Å². The second kappa shape index (κ2) is 13.8. The first-order valence-corrected chi connectivity index (χ1v) is 12.7. The number of carbonyl (C=O) groups excluding carboxylic acids is 4. The first kappa shape index (κ1) is 30.4. The van der Waals surface area contributed by atoms with Crippen LogP contribution in [0.5, 0.6) is 11.5 Å². The molecule has 0 heterocycles. The molecule has 2 N–H and O–H groups in total. The number of ether oxygens (including phenoxy) is 4. The summed E-state index contributed by atoms with van der Waals surface area (Å²) in [5, 5.41) is 6.48. The molecule has 0 unspecified atom stereocenters. The lowest BCUT2D eigenvalue weighted by molar-refractivity contribution is -0.148. The van der Waals surface area contributed by atoms with Gasteiger partial charge in [-0.05, 0) is 52.5 Å². The van der Waals surface area contributed by atoms with Crippen molar-refractivity contribution < 1.29 is 38.1 Å². The molecule has 1 aliphatic carbocycles. The van der Waals surface area contributed by atoms with Crippen molar-refractivity contribution in [2.24, 2.45) is 0 Å². The molecule has 3 rings (SSSR count). The normalized spacial score (nSPS) is 12.1. The highest BCUT2D eigenvalue weighted by molar-refractivity contribution is 6.33. The van der Waals surface area contributed by atoms with E-state index in [1.165, 1.54) is 13.8 Å². The molecule has 0 bridgehead atoms. The lowest BCUT2D eigenvalue weighted by Gasteiger charge is -2.27. The molecule has 2 aromatic rings. The SMILES string of the molecule is CC(=O)OCOc1ccc(NCCN(C)C)c2c1C(=O)c1c(NCCN(C)C)ccc(OCOC(C)=O)c1C2=O. The van der Waals surface area contributed by atoms with E-state index < -0.39 is 37.1 Å². The van der Waals surface area contributed by atoms with E-state index in [4.69, 9.17) is 18.9 Å². The Morgan fingerprint density at radius 2 is 1.02 bits per heavy atom. The molecule has 0 spiro atoms. The zero-order valence-electron chi connectivity index (χ0n) is 23.7. The number of nitrogens with zero attached hydrogens (tertiary/aromatic N) is 2. The Morgan fingerprint density at radius 3 is 1.35 bits per heavy atom. The van der Waals surface area contributed by atoms with Gasteiger partial charge in [0, 0.05) is 51.4 Å². The van der Waals surface area contributed by atoms with E-state index in [2.05, 4.69) is 10.6 Å². The molecule has 0 radical (unpaired) electrons. The average Bonchev–Trinajstić information content (AvgIpc) is 2.87. The molecule has 12 heteroatoms. The summed E-state index contributed by atoms with van der Waals surface area (Å²) in [6.07, 6.45) is 0. The molecule has 0 saturated carbocycles. The van der Waals surface area contributed by atoms with E-state index >= 15 is 0 Å². The Hall–Kier alpha value is -4.16. The summed E-state index contributed by atoms with van der Waals surface area (Å²) in [5.41, 5.74) is 1.20. The van der Waals surface area contributed by atoms with Crippen LogP contribution in [0.25, 0.3) is 0 Å². The number of hydrogen-bond donors (Lipinski definition) is 2. The van der Waals surface area contributed by atoms with Gasteiger partial charge in [0.15, 0.2) is 0 Å². The van der Waals surface area contributed by atoms with Crippen molar-refractivity contribution in [2.75, 3.05) is 78.6 Å². The third-order valence-corrected chi connectivity index (χ3v) is 5.94. The van der Waals surface area contributed by atoms with Gasteiger partial charge in [0.25, 0.3) is 0 Å². The predicted octanol–water partition coefficient (Wildman–Crippen LogP) is 2.21. The third-order valence-electron chi connectivity index (χ3n) is 5.94. The van der Waals surface area contributed by atoms with E-state index in [0.29, 0.717) is 37.6 Å². The highest BCUT2D eigenvalue weighted by atomic mass is 16.7. The van der Waals surface area contributed by atoms with Gasteiger partial charge in [-0.1, -0.05) is 0 Å². The smallest absolute Gasteiger partial charge is 0.305 e. The molecule has 0 amide bonds. The Bertz CT molecular complexity index is 1180. The Kier molecular flexibility index (Phi) is 10.5. The quantitative estimate of drug-likeness (QED) is 0.223. The van der Waals surface area contributed by atoms with Gasteiger partial charge >= 0.3 is 11.9 Å². The van der Waals surface area contributed by atoms with Crippen LogP contribution in [-0.4, -0.2) is 101 Å². The number of likely N-dealkylation sites (N-methyl/N-ethyl adjacent to an activating group) is 2. The van der Waals surface area contributed by atoms with Crippen LogP contribution in [-0.2, 0) is 19.1 Å². The fourth-order valence-corrected chi connectivity index (χ4v) is 4.06. The van der Waals surface area contributed by atoms with Crippen LogP contribution < -0.4 is 20.1 Å². The Morgan fingerprint density at radius 1 is 0.650 bits per heavy atom. The second-order valence-corrected chi connectivity index (χ2v) is 9.64. The lowest BCUT2D eigenvalue weighted by atomic mass is 9.81. The summed E-state index contributed by atoms with van der Waals surface area (Å²) in [6, 6.07) is 6.42. The molecule has 0 aliphatic heterocycles. The van der Waals surface area contributed by atoms with Crippen molar-refractivity contribution in [3.63, 3.8) is 0 Å². The van der Waals surface area contributed by atoms with Crippen molar-refractivity contribution in [2.45, 2.75) is 13.8 Å². The van der Waals surface area contributed by atoms with E-state index in [1.54, 1.807) is 24.3 Å². The first-order chi connectivity index (χ1) is 19.0. The van der Waals surface area contributed by atoms with Gasteiger partial charge in [-0.3, -0.25) is 19.2 Å². The predicted molar refractivity (Wildman–Crippen MR) is 148 cm³/mol. The fourth-order valence-electron chi connectivity index (χ4n) is 4.06. The maximum atomic E-state index is 14.2. The molecule has 1 aliphatic rings. The molecule has 0 aromatic heterocycles. The average molecular weight is 557 g/mol. The van der Waals surface area contributed by atoms with Crippen molar-refractivity contribution >= 4 is 34.9 Å². The largest absolute Gasteiger partial charge is 0.457 e. The van der Waals surface area contributed by atoms with E-state index in [-0.39, 0.29) is 33.8 Å². The summed E-state index contributed by atoms with van der Waals surface area (Å²) in [5.74, 6) is -1.84. The number of nitrogens with one attached hydrogen (secondary N) is 2. The van der Waals surface area contributed by atoms with Crippen LogP contribution in [0, 0.1) is 0 Å². The van der Waals surface area contributed by atoms with Gasteiger partial charge < -0.3 is 39.4 Å². The number of rotatable bonds is 14. The van der Waals surface area contributed by atoms with Crippen LogP contribution in [0.1, 0.15) is 45.7 Å². The lowest BCUT2D eigenvalue weighted by Crippen LogP contribution is -2.28. The summed E-state index contributed by atoms with van der Waals surface area (Å²) in [4.78, 5) is 54.9. The zero-order valence-corrected chi connectivity index (χ0v) is 23.7. The molecule has 0 fully saturated rings. The maximum absolute atomic E-state index is 14.2. The van der Waals surface area contributed by atoms with Gasteiger partial charge in [0.2, 0.25) is 25.2 Å². The van der Waals surface area contributed by atoms with Crippen molar-refractivity contribution in [1.82, 2.24) is 9.80 Å². The molecule has 2 aromatic carbocycles. The van der Waals surface area contributed by atoms with Gasteiger partial charge in [0.05, 0.1) is 22.3 Å². The Balaban J connectivity index is 2.14. The van der Waals surface area contributed by atoms with Gasteiger partial charge in [-0.25, -0.2) is 0 Å². The Labute approximate surface area is 233 Å². The highest BCUT2D eigenvalue weighted by Crippen LogP contribution is 2.43. The molecule has 0 atom stereocenters. The number of fused-ring (bicyclic) bond motifs is 2. The fraction of sp³-hybridized carbons (Fsp3) is 0.429. The number of hydrogen-bond acceptors (Lipinski definition) is 12. The molecular formula is C28H36N4O8. The van der Waals surface area contributed by atoms with Gasteiger partial charge in [-0.15, -0.1) is 0 Å². The highest BCUT2D eigenvalue weighted by Gasteiger charge is 2.39. The minimum atomic E-state index is -0.550. The standard InChI is InChI=1S/C28H36N4O8/c1-17(33)37-15-39-21-9-7-19(29-11-13-31(3)4)23-25(21)27(35)24-20(30-12-14-32(5)6)8-10-22(26(24)28(23)36)40-16-38-18(2)34/h7-10,29-30H,11-16H2,1-6H3. The summed E-state index contributed by atoms with van der Waals surface area (Å²) >= 11 is 0. The van der Waals surface area contributed by atoms with Gasteiger partial charge in [-0.2, -0.15) is 0 Å². The topological polar surface area (TPSA) is 136 Å². The molecule has 216 valence electrons. The number of anilines is 2. The van der Waals surface area contributed by atoms with E-state index in [1.807, 2.05) is 38.0 Å². The first-order valence-electron chi connectivity index (χ1n) is 12.7. The molecular weight excluding hydrogens is 520 g/mol. The van der Waals surface area contributed by atoms with Crippen LogP contribution in [0.2, 0.25) is 0 Å².